The Balaban J connectivity index is 1.41. The number of carbonyl (C=O) groups is 2. The van der Waals surface area contributed by atoms with Crippen LogP contribution in [0.2, 0.25) is 0 Å². The zero-order chi connectivity index (χ0) is 24.1. The Morgan fingerprint density at radius 1 is 1.18 bits per heavy atom. The zero-order valence-electron chi connectivity index (χ0n) is 18.6. The summed E-state index contributed by atoms with van der Waals surface area (Å²) in [5.74, 6) is 1.84. The Kier molecular flexibility index (Phi) is 7.35. The van der Waals surface area contributed by atoms with Crippen molar-refractivity contribution in [2.24, 2.45) is 0 Å². The SMILES string of the molecule is COc1ccc(-c2nc(CC(=O)N3CSCC3C(=O)Nc3ccc(C#N)cc3)cs2)cc1OC. The van der Waals surface area contributed by atoms with Crippen molar-refractivity contribution in [1.29, 1.82) is 5.26 Å². The standard InChI is InChI=1S/C24H22N4O4S2/c1-31-20-8-5-16(9-21(20)32-2)24-27-18(12-34-24)10-22(29)28-14-33-13-19(28)23(30)26-17-6-3-15(11-25)4-7-17/h3-9,12,19H,10,13-14H2,1-2H3,(H,26,30). The molecule has 2 amide bonds. The van der Waals surface area contributed by atoms with E-state index in [4.69, 9.17) is 14.7 Å². The number of aromatic nitrogens is 1. The van der Waals surface area contributed by atoms with Crippen LogP contribution in [0.15, 0.2) is 47.8 Å². The molecule has 1 fully saturated rings. The summed E-state index contributed by atoms with van der Waals surface area (Å²) in [7, 11) is 3.16. The number of methoxy groups -OCH3 is 2. The fourth-order valence-corrected chi connectivity index (χ4v) is 5.50. The minimum Gasteiger partial charge on any atom is -0.493 e. The van der Waals surface area contributed by atoms with E-state index < -0.39 is 6.04 Å². The lowest BCUT2D eigenvalue weighted by Gasteiger charge is -2.22. The van der Waals surface area contributed by atoms with Gasteiger partial charge in [-0.15, -0.1) is 23.1 Å². The number of amides is 2. The highest BCUT2D eigenvalue weighted by Crippen LogP contribution is 2.34. The van der Waals surface area contributed by atoms with Gasteiger partial charge in [-0.25, -0.2) is 4.98 Å². The highest BCUT2D eigenvalue weighted by Gasteiger charge is 2.34. The maximum Gasteiger partial charge on any atom is 0.248 e. The number of benzene rings is 2. The fourth-order valence-electron chi connectivity index (χ4n) is 3.51. The van der Waals surface area contributed by atoms with E-state index in [2.05, 4.69) is 10.3 Å². The first-order chi connectivity index (χ1) is 16.5. The van der Waals surface area contributed by atoms with E-state index in [0.29, 0.717) is 40.1 Å². The van der Waals surface area contributed by atoms with Crippen LogP contribution in [0.4, 0.5) is 5.69 Å². The van der Waals surface area contributed by atoms with Crippen LogP contribution in [-0.2, 0) is 16.0 Å². The normalized spacial score (nSPS) is 15.0. The van der Waals surface area contributed by atoms with E-state index in [9.17, 15) is 9.59 Å². The summed E-state index contributed by atoms with van der Waals surface area (Å²) in [5.41, 5.74) is 2.63. The number of thiazole rings is 1. The van der Waals surface area contributed by atoms with Crippen LogP contribution >= 0.6 is 23.1 Å². The summed E-state index contributed by atoms with van der Waals surface area (Å²) in [6.45, 7) is 0. The van der Waals surface area contributed by atoms with Gasteiger partial charge in [0.15, 0.2) is 11.5 Å². The first-order valence-electron chi connectivity index (χ1n) is 10.4. The molecule has 0 bridgehead atoms. The summed E-state index contributed by atoms with van der Waals surface area (Å²) < 4.78 is 10.6. The molecule has 0 spiro atoms. The first-order valence-corrected chi connectivity index (χ1v) is 12.4. The van der Waals surface area contributed by atoms with Gasteiger partial charge in [0.1, 0.15) is 11.0 Å². The quantitative estimate of drug-likeness (QED) is 0.533. The van der Waals surface area contributed by atoms with Gasteiger partial charge in [0.25, 0.3) is 0 Å². The van der Waals surface area contributed by atoms with Gasteiger partial charge in [0.2, 0.25) is 11.8 Å². The van der Waals surface area contributed by atoms with E-state index in [1.54, 1.807) is 55.1 Å². The molecular formula is C24H22N4O4S2. The van der Waals surface area contributed by atoms with Crippen LogP contribution < -0.4 is 14.8 Å². The number of nitrogens with zero attached hydrogens (tertiary/aromatic N) is 3. The zero-order valence-corrected chi connectivity index (χ0v) is 20.2. The minimum atomic E-state index is -0.558. The van der Waals surface area contributed by atoms with E-state index in [1.807, 2.05) is 29.6 Å². The fraction of sp³-hybridized carbons (Fsp3) is 0.250. The number of anilines is 1. The van der Waals surface area contributed by atoms with E-state index in [-0.39, 0.29) is 18.2 Å². The van der Waals surface area contributed by atoms with E-state index >= 15 is 0 Å². The molecule has 0 aliphatic carbocycles. The molecule has 8 nitrogen and oxygen atoms in total. The predicted octanol–water partition coefficient (Wildman–Crippen LogP) is 3.78. The van der Waals surface area contributed by atoms with Gasteiger partial charge in [-0.3, -0.25) is 9.59 Å². The summed E-state index contributed by atoms with van der Waals surface area (Å²) in [6.07, 6.45) is 0.116. The third-order valence-corrected chi connectivity index (χ3v) is 7.25. The van der Waals surface area contributed by atoms with Crippen molar-refractivity contribution in [1.82, 2.24) is 9.88 Å². The molecule has 1 aliphatic rings. The predicted molar refractivity (Wildman–Crippen MR) is 132 cm³/mol. The lowest BCUT2D eigenvalue weighted by atomic mass is 10.2. The Morgan fingerprint density at radius 3 is 2.65 bits per heavy atom. The molecule has 4 rings (SSSR count). The van der Waals surface area contributed by atoms with E-state index in [0.717, 1.165) is 10.6 Å². The molecule has 1 aromatic heterocycles. The first kappa shape index (κ1) is 23.6. The van der Waals surface area contributed by atoms with Gasteiger partial charge in [0, 0.05) is 22.4 Å². The molecule has 3 aromatic rings. The summed E-state index contributed by atoms with van der Waals surface area (Å²) in [4.78, 5) is 32.1. The molecule has 10 heteroatoms. The molecule has 1 saturated heterocycles. The maximum absolute atomic E-state index is 13.0. The smallest absolute Gasteiger partial charge is 0.248 e. The van der Waals surface area contributed by atoms with Gasteiger partial charge in [-0.1, -0.05) is 0 Å². The van der Waals surface area contributed by atoms with Crippen molar-refractivity contribution in [2.45, 2.75) is 12.5 Å². The van der Waals surface area contributed by atoms with E-state index in [1.165, 1.54) is 11.3 Å². The second-order valence-electron chi connectivity index (χ2n) is 7.45. The molecule has 1 N–H and O–H groups in total. The van der Waals surface area contributed by atoms with Crippen molar-refractivity contribution in [2.75, 3.05) is 31.2 Å². The summed E-state index contributed by atoms with van der Waals surface area (Å²) >= 11 is 2.99. The number of nitriles is 1. The van der Waals surface area contributed by atoms with Crippen molar-refractivity contribution < 1.29 is 19.1 Å². The van der Waals surface area contributed by atoms with Crippen LogP contribution in [0.25, 0.3) is 10.6 Å². The number of carbonyl (C=O) groups excluding carboxylic acids is 2. The lowest BCUT2D eigenvalue weighted by Crippen LogP contribution is -2.45. The molecule has 2 aromatic carbocycles. The Labute approximate surface area is 205 Å². The largest absolute Gasteiger partial charge is 0.493 e. The molecule has 1 atom stereocenters. The second-order valence-corrected chi connectivity index (χ2v) is 9.31. The van der Waals surface area contributed by atoms with Gasteiger partial charge in [0.05, 0.1) is 43.8 Å². The Hall–Kier alpha value is -3.55. The van der Waals surface area contributed by atoms with Crippen molar-refractivity contribution in [3.8, 4) is 28.1 Å². The van der Waals surface area contributed by atoms with Crippen LogP contribution in [0, 0.1) is 11.3 Å². The number of rotatable bonds is 7. The van der Waals surface area contributed by atoms with Crippen LogP contribution in [0.3, 0.4) is 0 Å². The molecule has 2 heterocycles. The number of thioether (sulfide) groups is 1. The number of hydrogen-bond donors (Lipinski definition) is 1. The molecule has 174 valence electrons. The highest BCUT2D eigenvalue weighted by molar-refractivity contribution is 7.99. The average Bonchev–Trinajstić information content (AvgIpc) is 3.54. The Morgan fingerprint density at radius 2 is 1.94 bits per heavy atom. The third kappa shape index (κ3) is 5.16. The van der Waals surface area contributed by atoms with Gasteiger partial charge in [-0.05, 0) is 42.5 Å². The highest BCUT2D eigenvalue weighted by atomic mass is 32.2. The topological polar surface area (TPSA) is 105 Å². The number of hydrogen-bond acceptors (Lipinski definition) is 8. The molecule has 34 heavy (non-hydrogen) atoms. The van der Waals surface area contributed by atoms with Crippen molar-refractivity contribution in [3.63, 3.8) is 0 Å². The molecule has 0 radical (unpaired) electrons. The molecule has 0 saturated carbocycles. The Bertz CT molecular complexity index is 1240. The second kappa shape index (κ2) is 10.6. The van der Waals surface area contributed by atoms with Gasteiger partial charge >= 0.3 is 0 Å². The van der Waals surface area contributed by atoms with Crippen LogP contribution in [0.5, 0.6) is 11.5 Å². The summed E-state index contributed by atoms with van der Waals surface area (Å²) in [6, 6.07) is 13.7. The van der Waals surface area contributed by atoms with Crippen LogP contribution in [-0.4, -0.2) is 53.6 Å². The number of nitrogens with one attached hydrogen (secondary N) is 1. The molecular weight excluding hydrogens is 472 g/mol. The molecule has 1 unspecified atom stereocenters. The number of ether oxygens (including phenoxy) is 2. The third-order valence-electron chi connectivity index (χ3n) is 5.30. The summed E-state index contributed by atoms with van der Waals surface area (Å²) in [5, 5.41) is 14.4. The monoisotopic (exact) mass is 494 g/mol. The minimum absolute atomic E-state index is 0.116. The average molecular weight is 495 g/mol. The molecule has 1 aliphatic heterocycles. The van der Waals surface area contributed by atoms with Gasteiger partial charge < -0.3 is 19.7 Å². The van der Waals surface area contributed by atoms with Crippen molar-refractivity contribution in [3.05, 3.63) is 59.1 Å². The van der Waals surface area contributed by atoms with Gasteiger partial charge in [-0.2, -0.15) is 5.26 Å². The van der Waals surface area contributed by atoms with Crippen LogP contribution in [0.1, 0.15) is 11.3 Å². The maximum atomic E-state index is 13.0. The van der Waals surface area contributed by atoms with Crippen molar-refractivity contribution >= 4 is 40.6 Å². The lowest BCUT2D eigenvalue weighted by molar-refractivity contribution is -0.135.